The molecule has 0 bridgehead atoms. The van der Waals surface area contributed by atoms with Crippen molar-refractivity contribution in [1.29, 1.82) is 0 Å². The maximum atomic E-state index is 4.76. The van der Waals surface area contributed by atoms with E-state index < -0.39 is 0 Å². The number of rotatable bonds is 5. The fraction of sp³-hybridized carbons (Fsp3) is 0.381. The average molecular weight is 429 g/mol. The summed E-state index contributed by atoms with van der Waals surface area (Å²) in [5.41, 5.74) is 3.25. The summed E-state index contributed by atoms with van der Waals surface area (Å²) in [5, 5.41) is 10.8. The van der Waals surface area contributed by atoms with Crippen LogP contribution in [0.15, 0.2) is 48.7 Å². The number of fused-ring (bicyclic) bond motifs is 2. The molecule has 1 fully saturated rings. The van der Waals surface area contributed by atoms with Crippen molar-refractivity contribution < 1.29 is 0 Å². The Morgan fingerprint density at radius 3 is 2.38 bits per heavy atom. The Kier molecular flexibility index (Phi) is 5.99. The summed E-state index contributed by atoms with van der Waals surface area (Å²) >= 11 is 1.57. The summed E-state index contributed by atoms with van der Waals surface area (Å²) in [4.78, 5) is 6.96. The van der Waals surface area contributed by atoms with E-state index in [4.69, 9.17) is 10.2 Å². The van der Waals surface area contributed by atoms with Crippen LogP contribution in [0.2, 0.25) is 0 Å². The molecule has 1 saturated heterocycles. The third-order valence-electron chi connectivity index (χ3n) is 5.57. The lowest BCUT2D eigenvalue weighted by Crippen LogP contribution is -2.49. The Bertz CT molecular complexity index is 1050. The lowest BCUT2D eigenvalue weighted by atomic mass is 10.1. The van der Waals surface area contributed by atoms with E-state index in [0.717, 1.165) is 50.1 Å². The van der Waals surface area contributed by atoms with Crippen molar-refractivity contribution in [3.05, 3.63) is 48.7 Å². The molecule has 1 atom stereocenters. The standard InChI is InChI=1S/C21H24N6S.ClH/c1-2-6-21(27-23-17-7-3-4-8-18(17)24-27)26-13-11-25(12-14-26)19-9-5-10-20-16(19)15-22-28-20;/h3-5,7-10,15,21H,2,6,11-14H2,1H3;1H. The SMILES string of the molecule is CCCC(N1CCN(c2cccc3sncc23)CC1)n1nc2ccccc2n1.Cl. The quantitative estimate of drug-likeness (QED) is 0.465. The van der Waals surface area contributed by atoms with Crippen molar-refractivity contribution in [2.75, 3.05) is 31.1 Å². The van der Waals surface area contributed by atoms with Gasteiger partial charge in [0.15, 0.2) is 0 Å². The van der Waals surface area contributed by atoms with Crippen LogP contribution in [0.3, 0.4) is 0 Å². The highest BCUT2D eigenvalue weighted by molar-refractivity contribution is 7.13. The maximum Gasteiger partial charge on any atom is 0.124 e. The summed E-state index contributed by atoms with van der Waals surface area (Å²) in [6, 6.07) is 14.6. The first-order valence-electron chi connectivity index (χ1n) is 9.97. The van der Waals surface area contributed by atoms with Crippen molar-refractivity contribution in [1.82, 2.24) is 24.3 Å². The van der Waals surface area contributed by atoms with Crippen LogP contribution in [0.25, 0.3) is 21.1 Å². The molecule has 4 aromatic rings. The summed E-state index contributed by atoms with van der Waals surface area (Å²) in [6.07, 6.45) is 4.40. The molecule has 0 aliphatic carbocycles. The normalized spacial score (nSPS) is 16.2. The molecule has 152 valence electrons. The van der Waals surface area contributed by atoms with Gasteiger partial charge in [-0.05, 0) is 42.2 Å². The van der Waals surface area contributed by atoms with Gasteiger partial charge in [0.1, 0.15) is 17.2 Å². The number of nitrogens with zero attached hydrogens (tertiary/aromatic N) is 6. The zero-order chi connectivity index (χ0) is 18.9. The molecule has 2 aromatic heterocycles. The second kappa shape index (κ2) is 8.65. The fourth-order valence-corrected chi connectivity index (χ4v) is 4.79. The first kappa shape index (κ1) is 20.1. The van der Waals surface area contributed by atoms with Crippen LogP contribution in [-0.2, 0) is 0 Å². The number of aromatic nitrogens is 4. The molecule has 0 spiro atoms. The molecule has 0 amide bonds. The highest BCUT2D eigenvalue weighted by Crippen LogP contribution is 2.30. The smallest absolute Gasteiger partial charge is 0.124 e. The Hall–Kier alpha value is -2.22. The molecular formula is C21H25ClN6S. The van der Waals surface area contributed by atoms with Crippen molar-refractivity contribution in [3.63, 3.8) is 0 Å². The Morgan fingerprint density at radius 1 is 0.966 bits per heavy atom. The van der Waals surface area contributed by atoms with Gasteiger partial charge >= 0.3 is 0 Å². The third kappa shape index (κ3) is 3.82. The maximum absolute atomic E-state index is 4.76. The van der Waals surface area contributed by atoms with Crippen LogP contribution < -0.4 is 4.90 Å². The predicted octanol–water partition coefficient (Wildman–Crippen LogP) is 4.58. The van der Waals surface area contributed by atoms with Gasteiger partial charge in [0.2, 0.25) is 0 Å². The van der Waals surface area contributed by atoms with Gasteiger partial charge in [-0.2, -0.15) is 19.4 Å². The van der Waals surface area contributed by atoms with Crippen molar-refractivity contribution in [3.8, 4) is 0 Å². The molecule has 8 heteroatoms. The summed E-state index contributed by atoms with van der Waals surface area (Å²) in [5.74, 6) is 0. The molecule has 0 N–H and O–H groups in total. The zero-order valence-electron chi connectivity index (χ0n) is 16.4. The van der Waals surface area contributed by atoms with E-state index in [1.165, 1.54) is 15.8 Å². The predicted molar refractivity (Wildman–Crippen MR) is 122 cm³/mol. The van der Waals surface area contributed by atoms with Gasteiger partial charge in [-0.25, -0.2) is 0 Å². The van der Waals surface area contributed by atoms with Crippen molar-refractivity contribution >= 4 is 50.7 Å². The summed E-state index contributed by atoms with van der Waals surface area (Å²) in [7, 11) is 0. The van der Waals surface area contributed by atoms with Crippen LogP contribution in [0, 0.1) is 0 Å². The van der Waals surface area contributed by atoms with E-state index in [1.54, 1.807) is 11.5 Å². The van der Waals surface area contributed by atoms with E-state index in [2.05, 4.69) is 39.3 Å². The van der Waals surface area contributed by atoms with Gasteiger partial charge in [-0.3, -0.25) is 4.90 Å². The Morgan fingerprint density at radius 2 is 1.69 bits per heavy atom. The minimum atomic E-state index is 0. The van der Waals surface area contributed by atoms with Gasteiger partial charge < -0.3 is 4.90 Å². The second-order valence-corrected chi connectivity index (χ2v) is 8.15. The average Bonchev–Trinajstić information content (AvgIpc) is 3.38. The first-order chi connectivity index (χ1) is 13.8. The zero-order valence-corrected chi connectivity index (χ0v) is 18.1. The van der Waals surface area contributed by atoms with Gasteiger partial charge in [0, 0.05) is 37.3 Å². The highest BCUT2D eigenvalue weighted by Gasteiger charge is 2.27. The molecule has 1 aliphatic heterocycles. The lowest BCUT2D eigenvalue weighted by Gasteiger charge is -2.39. The number of piperazine rings is 1. The summed E-state index contributed by atoms with van der Waals surface area (Å²) in [6.45, 7) is 6.27. The van der Waals surface area contributed by atoms with E-state index in [-0.39, 0.29) is 18.6 Å². The molecule has 0 saturated carbocycles. The summed E-state index contributed by atoms with van der Waals surface area (Å²) < 4.78 is 5.63. The van der Waals surface area contributed by atoms with Gasteiger partial charge in [0.25, 0.3) is 0 Å². The minimum Gasteiger partial charge on any atom is -0.368 e. The number of anilines is 1. The van der Waals surface area contributed by atoms with Gasteiger partial charge in [0.05, 0.1) is 10.9 Å². The van der Waals surface area contributed by atoms with Gasteiger partial charge in [-0.1, -0.05) is 31.5 Å². The van der Waals surface area contributed by atoms with Crippen LogP contribution in [0.1, 0.15) is 25.9 Å². The molecule has 0 radical (unpaired) electrons. The number of hydrogen-bond donors (Lipinski definition) is 0. The molecule has 5 rings (SSSR count). The van der Waals surface area contributed by atoms with E-state index in [1.807, 2.05) is 35.3 Å². The number of hydrogen-bond acceptors (Lipinski definition) is 6. The fourth-order valence-electron chi connectivity index (χ4n) is 4.13. The van der Waals surface area contributed by atoms with Crippen LogP contribution >= 0.6 is 23.9 Å². The van der Waals surface area contributed by atoms with Crippen LogP contribution in [0.4, 0.5) is 5.69 Å². The van der Waals surface area contributed by atoms with E-state index in [9.17, 15) is 0 Å². The van der Waals surface area contributed by atoms with Crippen molar-refractivity contribution in [2.45, 2.75) is 25.9 Å². The molecular weight excluding hydrogens is 404 g/mol. The Balaban J connectivity index is 0.00000205. The third-order valence-corrected chi connectivity index (χ3v) is 6.33. The van der Waals surface area contributed by atoms with Crippen LogP contribution in [-0.4, -0.2) is 50.4 Å². The Labute approximate surface area is 180 Å². The van der Waals surface area contributed by atoms with Crippen LogP contribution in [0.5, 0.6) is 0 Å². The molecule has 29 heavy (non-hydrogen) atoms. The molecule has 2 aromatic carbocycles. The monoisotopic (exact) mass is 428 g/mol. The molecule has 1 unspecified atom stereocenters. The molecule has 6 nitrogen and oxygen atoms in total. The second-order valence-electron chi connectivity index (χ2n) is 7.32. The van der Waals surface area contributed by atoms with E-state index in [0.29, 0.717) is 0 Å². The topological polar surface area (TPSA) is 50.1 Å². The largest absolute Gasteiger partial charge is 0.368 e. The minimum absolute atomic E-state index is 0. The lowest BCUT2D eigenvalue weighted by molar-refractivity contribution is 0.0985. The highest BCUT2D eigenvalue weighted by atomic mass is 35.5. The number of halogens is 1. The molecule has 1 aliphatic rings. The van der Waals surface area contributed by atoms with Crippen molar-refractivity contribution in [2.24, 2.45) is 0 Å². The number of benzene rings is 2. The van der Waals surface area contributed by atoms with E-state index >= 15 is 0 Å². The first-order valence-corrected chi connectivity index (χ1v) is 10.7. The van der Waals surface area contributed by atoms with Gasteiger partial charge in [-0.15, -0.1) is 12.4 Å². The molecule has 3 heterocycles.